The lowest BCUT2D eigenvalue weighted by atomic mass is 10.3. The predicted octanol–water partition coefficient (Wildman–Crippen LogP) is 0.825. The summed E-state index contributed by atoms with van der Waals surface area (Å²) in [7, 11) is 5.22. The number of amides is 1. The van der Waals surface area contributed by atoms with Crippen LogP contribution in [-0.2, 0) is 0 Å². The zero-order chi connectivity index (χ0) is 9.84. The van der Waals surface area contributed by atoms with Gasteiger partial charge in [0.05, 0.1) is 11.9 Å². The van der Waals surface area contributed by atoms with Crippen LogP contribution in [0.2, 0.25) is 0 Å². The van der Waals surface area contributed by atoms with E-state index in [-0.39, 0.29) is 5.91 Å². The molecule has 4 nitrogen and oxygen atoms in total. The van der Waals surface area contributed by atoms with Gasteiger partial charge in [-0.15, -0.1) is 0 Å². The number of rotatable bonds is 2. The van der Waals surface area contributed by atoms with Gasteiger partial charge in [0.15, 0.2) is 0 Å². The van der Waals surface area contributed by atoms with Crippen LogP contribution in [0, 0.1) is 0 Å². The highest BCUT2D eigenvalue weighted by Crippen LogP contribution is 2.05. The molecule has 0 aliphatic heterocycles. The van der Waals surface area contributed by atoms with E-state index in [4.69, 9.17) is 0 Å². The van der Waals surface area contributed by atoms with Crippen molar-refractivity contribution in [1.82, 2.24) is 9.88 Å². The van der Waals surface area contributed by atoms with Gasteiger partial charge >= 0.3 is 0 Å². The number of carbonyl (C=O) groups excluding carboxylic acids is 1. The standard InChI is InChI=1S/C9H13N3O/c1-10-7-4-5-8(11-6-7)9(13)12(2)3/h4-6,10H,1-3H3. The van der Waals surface area contributed by atoms with Gasteiger partial charge in [-0.25, -0.2) is 4.98 Å². The third-order valence-corrected chi connectivity index (χ3v) is 1.68. The molecule has 1 amide bonds. The van der Waals surface area contributed by atoms with Crippen LogP contribution in [0.5, 0.6) is 0 Å². The molecule has 13 heavy (non-hydrogen) atoms. The Balaban J connectivity index is 2.86. The Bertz CT molecular complexity index is 292. The molecule has 0 atom stereocenters. The quantitative estimate of drug-likeness (QED) is 0.731. The Kier molecular flexibility index (Phi) is 2.84. The van der Waals surface area contributed by atoms with E-state index >= 15 is 0 Å². The highest BCUT2D eigenvalue weighted by atomic mass is 16.2. The normalized spacial score (nSPS) is 9.46. The van der Waals surface area contributed by atoms with Crippen molar-refractivity contribution in [2.45, 2.75) is 0 Å². The molecule has 0 bridgehead atoms. The first kappa shape index (κ1) is 9.51. The molecule has 0 aromatic carbocycles. The maximum atomic E-state index is 11.4. The van der Waals surface area contributed by atoms with Crippen molar-refractivity contribution in [2.75, 3.05) is 26.5 Å². The summed E-state index contributed by atoms with van der Waals surface area (Å²) in [5.74, 6) is -0.0809. The fourth-order valence-corrected chi connectivity index (χ4v) is 0.897. The van der Waals surface area contributed by atoms with Crippen LogP contribution in [0.1, 0.15) is 10.5 Å². The van der Waals surface area contributed by atoms with Gasteiger partial charge in [-0.2, -0.15) is 0 Å². The van der Waals surface area contributed by atoms with Crippen molar-refractivity contribution in [3.8, 4) is 0 Å². The summed E-state index contributed by atoms with van der Waals surface area (Å²) in [5, 5.41) is 2.93. The summed E-state index contributed by atoms with van der Waals surface area (Å²) in [6.45, 7) is 0. The summed E-state index contributed by atoms with van der Waals surface area (Å²) in [5.41, 5.74) is 1.36. The van der Waals surface area contributed by atoms with Crippen molar-refractivity contribution < 1.29 is 4.79 Å². The Labute approximate surface area is 77.6 Å². The predicted molar refractivity (Wildman–Crippen MR) is 51.8 cm³/mol. The molecule has 0 unspecified atom stereocenters. The monoisotopic (exact) mass is 179 g/mol. The molecule has 0 radical (unpaired) electrons. The van der Waals surface area contributed by atoms with Crippen LogP contribution in [0.15, 0.2) is 18.3 Å². The summed E-state index contributed by atoms with van der Waals surface area (Å²) < 4.78 is 0. The SMILES string of the molecule is CNc1ccc(C(=O)N(C)C)nc1. The molecule has 1 rings (SSSR count). The lowest BCUT2D eigenvalue weighted by Gasteiger charge is -2.09. The molecular weight excluding hydrogens is 166 g/mol. The molecule has 0 aliphatic carbocycles. The van der Waals surface area contributed by atoms with Crippen molar-refractivity contribution in [3.05, 3.63) is 24.0 Å². The molecule has 0 saturated heterocycles. The van der Waals surface area contributed by atoms with Gasteiger partial charge in [-0.3, -0.25) is 4.79 Å². The second kappa shape index (κ2) is 3.89. The Morgan fingerprint density at radius 1 is 1.46 bits per heavy atom. The molecule has 1 aromatic heterocycles. The number of hydrogen-bond acceptors (Lipinski definition) is 3. The minimum Gasteiger partial charge on any atom is -0.387 e. The zero-order valence-electron chi connectivity index (χ0n) is 8.03. The topological polar surface area (TPSA) is 45.2 Å². The molecule has 0 aliphatic rings. The fourth-order valence-electron chi connectivity index (χ4n) is 0.897. The average Bonchev–Trinajstić information content (AvgIpc) is 2.17. The first-order chi connectivity index (χ1) is 6.15. The molecule has 0 fully saturated rings. The van der Waals surface area contributed by atoms with E-state index < -0.39 is 0 Å². The number of hydrogen-bond donors (Lipinski definition) is 1. The van der Waals surface area contributed by atoms with E-state index in [2.05, 4.69) is 10.3 Å². The lowest BCUT2D eigenvalue weighted by molar-refractivity contribution is 0.0822. The largest absolute Gasteiger partial charge is 0.387 e. The van der Waals surface area contributed by atoms with Crippen molar-refractivity contribution in [1.29, 1.82) is 0 Å². The number of anilines is 1. The van der Waals surface area contributed by atoms with E-state index in [1.54, 1.807) is 26.4 Å². The fraction of sp³-hybridized carbons (Fsp3) is 0.333. The van der Waals surface area contributed by atoms with E-state index in [0.29, 0.717) is 5.69 Å². The number of nitrogens with zero attached hydrogens (tertiary/aromatic N) is 2. The van der Waals surface area contributed by atoms with E-state index in [9.17, 15) is 4.79 Å². The maximum absolute atomic E-state index is 11.4. The Hall–Kier alpha value is -1.58. The first-order valence-corrected chi connectivity index (χ1v) is 4.00. The lowest BCUT2D eigenvalue weighted by Crippen LogP contribution is -2.22. The third-order valence-electron chi connectivity index (χ3n) is 1.68. The second-order valence-corrected chi connectivity index (χ2v) is 2.88. The van der Waals surface area contributed by atoms with Crippen LogP contribution in [0.3, 0.4) is 0 Å². The van der Waals surface area contributed by atoms with Crippen LogP contribution in [0.4, 0.5) is 5.69 Å². The van der Waals surface area contributed by atoms with Gasteiger partial charge in [-0.05, 0) is 12.1 Å². The Morgan fingerprint density at radius 2 is 2.15 bits per heavy atom. The third kappa shape index (κ3) is 2.18. The van der Waals surface area contributed by atoms with Crippen molar-refractivity contribution in [2.24, 2.45) is 0 Å². The number of aromatic nitrogens is 1. The van der Waals surface area contributed by atoms with Crippen LogP contribution in [-0.4, -0.2) is 36.9 Å². The minimum atomic E-state index is -0.0809. The van der Waals surface area contributed by atoms with Crippen LogP contribution < -0.4 is 5.32 Å². The molecule has 0 spiro atoms. The number of nitrogens with one attached hydrogen (secondary N) is 1. The van der Waals surface area contributed by atoms with Crippen molar-refractivity contribution in [3.63, 3.8) is 0 Å². The van der Waals surface area contributed by atoms with E-state index in [1.807, 2.05) is 13.1 Å². The average molecular weight is 179 g/mol. The van der Waals surface area contributed by atoms with Gasteiger partial charge in [0.1, 0.15) is 5.69 Å². The molecule has 1 heterocycles. The molecular formula is C9H13N3O. The maximum Gasteiger partial charge on any atom is 0.271 e. The van der Waals surface area contributed by atoms with Gasteiger partial charge in [0.25, 0.3) is 5.91 Å². The summed E-state index contributed by atoms with van der Waals surface area (Å²) >= 11 is 0. The van der Waals surface area contributed by atoms with Gasteiger partial charge in [0, 0.05) is 21.1 Å². The molecule has 1 aromatic rings. The summed E-state index contributed by atoms with van der Waals surface area (Å²) in [6, 6.07) is 3.53. The first-order valence-electron chi connectivity index (χ1n) is 4.00. The van der Waals surface area contributed by atoms with E-state index in [1.165, 1.54) is 4.90 Å². The van der Waals surface area contributed by atoms with Crippen LogP contribution >= 0.6 is 0 Å². The molecule has 4 heteroatoms. The van der Waals surface area contributed by atoms with Crippen molar-refractivity contribution >= 4 is 11.6 Å². The zero-order valence-corrected chi connectivity index (χ0v) is 8.03. The number of pyridine rings is 1. The second-order valence-electron chi connectivity index (χ2n) is 2.88. The summed E-state index contributed by atoms with van der Waals surface area (Å²) in [4.78, 5) is 16.9. The van der Waals surface area contributed by atoms with Gasteiger partial charge < -0.3 is 10.2 Å². The molecule has 1 N–H and O–H groups in total. The highest BCUT2D eigenvalue weighted by Gasteiger charge is 2.07. The van der Waals surface area contributed by atoms with Gasteiger partial charge in [0.2, 0.25) is 0 Å². The highest BCUT2D eigenvalue weighted by molar-refractivity contribution is 5.92. The van der Waals surface area contributed by atoms with Gasteiger partial charge in [-0.1, -0.05) is 0 Å². The van der Waals surface area contributed by atoms with E-state index in [0.717, 1.165) is 5.69 Å². The molecule has 70 valence electrons. The summed E-state index contributed by atoms with van der Waals surface area (Å²) in [6.07, 6.45) is 1.64. The van der Waals surface area contributed by atoms with Crippen LogP contribution in [0.25, 0.3) is 0 Å². The minimum absolute atomic E-state index is 0.0809. The smallest absolute Gasteiger partial charge is 0.271 e. The number of carbonyl (C=O) groups is 1. The molecule has 0 saturated carbocycles. The Morgan fingerprint density at radius 3 is 2.54 bits per heavy atom.